The Hall–Kier alpha value is -2.40. The van der Waals surface area contributed by atoms with Crippen LogP contribution in [-0.4, -0.2) is 16.7 Å². The van der Waals surface area contributed by atoms with Crippen molar-refractivity contribution in [2.24, 2.45) is 12.1 Å². The Labute approximate surface area is 120 Å². The number of hydrogen-bond acceptors (Lipinski definition) is 3. The quantitative estimate of drug-likeness (QED) is 0.692. The fourth-order valence-electron chi connectivity index (χ4n) is 1.51. The maximum atomic E-state index is 11.8. The molecule has 0 spiro atoms. The maximum absolute atomic E-state index is 11.8. The molecule has 0 fully saturated rings. The van der Waals surface area contributed by atoms with E-state index in [0.29, 0.717) is 10.6 Å². The summed E-state index contributed by atoms with van der Waals surface area (Å²) in [5, 5.41) is 4.48. The molecule has 0 saturated carbocycles. The Bertz CT molecular complexity index is 705. The van der Waals surface area contributed by atoms with Crippen LogP contribution in [0.1, 0.15) is 15.9 Å². The fourth-order valence-corrected chi connectivity index (χ4v) is 1.63. The average Bonchev–Trinajstić information content (AvgIpc) is 2.44. The SMILES string of the molecule is Cn1cc(C(=O)NN=Cc2ccc(Cl)cc2)ccc1=O. The summed E-state index contributed by atoms with van der Waals surface area (Å²) >= 11 is 5.76. The Morgan fingerprint density at radius 3 is 2.60 bits per heavy atom. The van der Waals surface area contributed by atoms with Gasteiger partial charge in [-0.1, -0.05) is 23.7 Å². The van der Waals surface area contributed by atoms with Crippen LogP contribution in [0.4, 0.5) is 0 Å². The number of halogens is 1. The van der Waals surface area contributed by atoms with Crippen molar-refractivity contribution in [2.45, 2.75) is 0 Å². The summed E-state index contributed by atoms with van der Waals surface area (Å²) in [7, 11) is 1.58. The minimum absolute atomic E-state index is 0.175. The summed E-state index contributed by atoms with van der Waals surface area (Å²) in [5.74, 6) is -0.384. The third-order valence-electron chi connectivity index (χ3n) is 2.60. The lowest BCUT2D eigenvalue weighted by molar-refractivity contribution is 0.0954. The van der Waals surface area contributed by atoms with Crippen LogP contribution in [0.5, 0.6) is 0 Å². The summed E-state index contributed by atoms with van der Waals surface area (Å²) in [5.41, 5.74) is 3.39. The van der Waals surface area contributed by atoms with Gasteiger partial charge in [-0.25, -0.2) is 5.43 Å². The number of hydrazone groups is 1. The van der Waals surface area contributed by atoms with Gasteiger partial charge in [0.2, 0.25) is 5.56 Å². The topological polar surface area (TPSA) is 63.5 Å². The largest absolute Gasteiger partial charge is 0.318 e. The number of nitrogens with zero attached hydrogens (tertiary/aromatic N) is 2. The first-order chi connectivity index (χ1) is 9.56. The van der Waals surface area contributed by atoms with Crippen molar-refractivity contribution in [3.05, 3.63) is 69.1 Å². The van der Waals surface area contributed by atoms with Crippen molar-refractivity contribution in [1.29, 1.82) is 0 Å². The molecule has 0 aliphatic heterocycles. The molecule has 1 N–H and O–H groups in total. The summed E-state index contributed by atoms with van der Waals surface area (Å²) in [6.45, 7) is 0. The Balaban J connectivity index is 2.03. The molecule has 0 unspecified atom stereocenters. The van der Waals surface area contributed by atoms with E-state index in [1.165, 1.54) is 29.1 Å². The van der Waals surface area contributed by atoms with Gasteiger partial charge in [0.05, 0.1) is 11.8 Å². The van der Waals surface area contributed by atoms with Crippen LogP contribution in [-0.2, 0) is 7.05 Å². The van der Waals surface area contributed by atoms with Crippen LogP contribution in [0.2, 0.25) is 5.02 Å². The molecule has 6 heteroatoms. The third kappa shape index (κ3) is 3.55. The van der Waals surface area contributed by atoms with Gasteiger partial charge in [0.1, 0.15) is 0 Å². The van der Waals surface area contributed by atoms with E-state index >= 15 is 0 Å². The molecule has 20 heavy (non-hydrogen) atoms. The van der Waals surface area contributed by atoms with Crippen molar-refractivity contribution in [3.63, 3.8) is 0 Å². The van der Waals surface area contributed by atoms with Crippen molar-refractivity contribution < 1.29 is 4.79 Å². The van der Waals surface area contributed by atoms with E-state index in [9.17, 15) is 9.59 Å². The highest BCUT2D eigenvalue weighted by Gasteiger charge is 2.04. The fraction of sp³-hybridized carbons (Fsp3) is 0.0714. The van der Waals surface area contributed by atoms with Crippen LogP contribution in [0.3, 0.4) is 0 Å². The minimum atomic E-state index is -0.384. The molecule has 1 heterocycles. The predicted molar refractivity (Wildman–Crippen MR) is 78.2 cm³/mol. The standard InChI is InChI=1S/C14H12ClN3O2/c1-18-9-11(4-7-13(18)19)14(20)17-16-8-10-2-5-12(15)6-3-10/h2-9H,1H3,(H,17,20). The zero-order valence-corrected chi connectivity index (χ0v) is 11.5. The second-order valence-corrected chi connectivity index (χ2v) is 4.55. The van der Waals surface area contributed by atoms with Crippen LogP contribution in [0, 0.1) is 0 Å². The lowest BCUT2D eigenvalue weighted by atomic mass is 10.2. The Morgan fingerprint density at radius 2 is 1.95 bits per heavy atom. The molecule has 1 aromatic heterocycles. The molecule has 1 aromatic carbocycles. The number of hydrogen-bond donors (Lipinski definition) is 1. The van der Waals surface area contributed by atoms with Crippen LogP contribution >= 0.6 is 11.6 Å². The first kappa shape index (κ1) is 14.0. The molecule has 0 aliphatic carbocycles. The molecule has 1 amide bonds. The third-order valence-corrected chi connectivity index (χ3v) is 2.85. The van der Waals surface area contributed by atoms with Gasteiger partial charge in [-0.3, -0.25) is 9.59 Å². The molecule has 2 aromatic rings. The van der Waals surface area contributed by atoms with Crippen LogP contribution in [0.25, 0.3) is 0 Å². The van der Waals surface area contributed by atoms with Crippen molar-refractivity contribution in [2.75, 3.05) is 0 Å². The maximum Gasteiger partial charge on any atom is 0.272 e. The van der Waals surface area contributed by atoms with Crippen molar-refractivity contribution in [3.8, 4) is 0 Å². The molecular weight excluding hydrogens is 278 g/mol. The second-order valence-electron chi connectivity index (χ2n) is 4.12. The van der Waals surface area contributed by atoms with E-state index in [4.69, 9.17) is 11.6 Å². The van der Waals surface area contributed by atoms with Crippen molar-refractivity contribution >= 4 is 23.7 Å². The van der Waals surface area contributed by atoms with Gasteiger partial charge in [0.15, 0.2) is 0 Å². The molecule has 0 atom stereocenters. The number of benzene rings is 1. The zero-order valence-electron chi connectivity index (χ0n) is 10.7. The number of rotatable bonds is 3. The summed E-state index contributed by atoms with van der Waals surface area (Å²) in [6.07, 6.45) is 2.96. The number of amides is 1. The summed E-state index contributed by atoms with van der Waals surface area (Å²) < 4.78 is 1.33. The molecule has 102 valence electrons. The minimum Gasteiger partial charge on any atom is -0.318 e. The van der Waals surface area contributed by atoms with Gasteiger partial charge >= 0.3 is 0 Å². The van der Waals surface area contributed by atoms with Gasteiger partial charge in [0, 0.05) is 24.3 Å². The monoisotopic (exact) mass is 289 g/mol. The van der Waals surface area contributed by atoms with Crippen LogP contribution in [0.15, 0.2) is 52.5 Å². The van der Waals surface area contributed by atoms with E-state index < -0.39 is 0 Å². The van der Waals surface area contributed by atoms with E-state index in [2.05, 4.69) is 10.5 Å². The molecular formula is C14H12ClN3O2. The normalized spacial score (nSPS) is 10.7. The lowest BCUT2D eigenvalue weighted by Gasteiger charge is -2.01. The predicted octanol–water partition coefficient (Wildman–Crippen LogP) is 1.80. The van der Waals surface area contributed by atoms with E-state index in [1.807, 2.05) is 0 Å². The van der Waals surface area contributed by atoms with E-state index in [0.717, 1.165) is 5.56 Å². The van der Waals surface area contributed by atoms with Crippen LogP contribution < -0.4 is 11.0 Å². The summed E-state index contributed by atoms with van der Waals surface area (Å²) in [4.78, 5) is 23.0. The number of carbonyl (C=O) groups is 1. The highest BCUT2D eigenvalue weighted by atomic mass is 35.5. The molecule has 0 aliphatic rings. The molecule has 0 bridgehead atoms. The van der Waals surface area contributed by atoms with Gasteiger partial charge < -0.3 is 4.57 Å². The zero-order chi connectivity index (χ0) is 14.5. The highest BCUT2D eigenvalue weighted by molar-refractivity contribution is 6.30. The number of aromatic nitrogens is 1. The van der Waals surface area contributed by atoms with E-state index in [-0.39, 0.29) is 11.5 Å². The average molecular weight is 290 g/mol. The van der Waals surface area contributed by atoms with Crippen molar-refractivity contribution in [1.82, 2.24) is 9.99 Å². The Morgan fingerprint density at radius 1 is 1.25 bits per heavy atom. The smallest absolute Gasteiger partial charge is 0.272 e. The first-order valence-electron chi connectivity index (χ1n) is 5.82. The number of aryl methyl sites for hydroxylation is 1. The van der Waals surface area contributed by atoms with Gasteiger partial charge in [0.25, 0.3) is 5.91 Å². The molecule has 5 nitrogen and oxygen atoms in total. The summed E-state index contributed by atoms with van der Waals surface area (Å²) in [6, 6.07) is 9.82. The van der Waals surface area contributed by atoms with Gasteiger partial charge in [-0.2, -0.15) is 5.10 Å². The molecule has 0 saturated heterocycles. The first-order valence-corrected chi connectivity index (χ1v) is 6.20. The van der Waals surface area contributed by atoms with Gasteiger partial charge in [-0.05, 0) is 23.8 Å². The molecule has 2 rings (SSSR count). The van der Waals surface area contributed by atoms with Gasteiger partial charge in [-0.15, -0.1) is 0 Å². The number of carbonyl (C=O) groups excluding carboxylic acids is 1. The lowest BCUT2D eigenvalue weighted by Crippen LogP contribution is -2.22. The molecule has 0 radical (unpaired) electrons. The Kier molecular flexibility index (Phi) is 4.32. The highest BCUT2D eigenvalue weighted by Crippen LogP contribution is 2.07. The number of pyridine rings is 1. The number of nitrogens with one attached hydrogen (secondary N) is 1. The second kappa shape index (κ2) is 6.16. The van der Waals surface area contributed by atoms with E-state index in [1.54, 1.807) is 31.3 Å².